The molecule has 3 amide bonds. The first kappa shape index (κ1) is 49.4. The number of morpholine rings is 1. The van der Waals surface area contributed by atoms with E-state index in [4.69, 9.17) is 33.2 Å². The molecule has 4 aliphatic rings. The minimum Gasteiger partial charge on any atom is -0.497 e. The van der Waals surface area contributed by atoms with E-state index >= 15 is 14.4 Å². The van der Waals surface area contributed by atoms with E-state index in [2.05, 4.69) is 11.8 Å². The molecule has 1 spiro atoms. The molecule has 4 aliphatic heterocycles. The van der Waals surface area contributed by atoms with Crippen LogP contribution in [0.15, 0.2) is 140 Å². The lowest BCUT2D eigenvalue weighted by atomic mass is 9.64. The van der Waals surface area contributed by atoms with Crippen LogP contribution in [-0.4, -0.2) is 106 Å². The van der Waals surface area contributed by atoms with Crippen LogP contribution in [0.5, 0.6) is 23.0 Å². The number of nitrogens with zero attached hydrogens (tertiary/aromatic N) is 3. The summed E-state index contributed by atoms with van der Waals surface area (Å²) in [5, 5.41) is 9.68. The Balaban J connectivity index is 1.26. The van der Waals surface area contributed by atoms with Gasteiger partial charge < -0.3 is 43.2 Å². The van der Waals surface area contributed by atoms with Crippen LogP contribution in [0, 0.1) is 17.8 Å². The molecule has 1 N–H and O–H groups in total. The van der Waals surface area contributed by atoms with E-state index in [1.807, 2.05) is 89.8 Å². The van der Waals surface area contributed by atoms with Crippen LogP contribution < -0.4 is 23.8 Å². The van der Waals surface area contributed by atoms with Crippen LogP contribution in [0.4, 0.5) is 10.5 Å². The number of carbonyl (C=O) groups excluding carboxylic acids is 4. The number of benzene rings is 6. The smallest absolute Gasteiger partial charge is 0.421 e. The number of ether oxygens (including phenoxy) is 7. The standard InChI is InChI=1S/C59H55N3O12/c1-68-31-32-73-58(67)61-47-26-19-38(16-15-37-17-22-44(69-2)23-18-37)33-46(47)59(57(61)66)50(55(64)60-28-27-42-34-48(70-3)49(71-4)35-43(42)36-60)52-56(65)74-53(40-13-9-6-10-14-40)51(39-11-7-5-8-12-39)62(52)54(59)41-20-24-45(25-21-41)72-30-29-63/h5-14,17-26,33-35,50-54,63H,27-32,36H2,1-4H3/t50-,51-,52-,53+,54+,59-/m1/s1. The molecule has 74 heavy (non-hydrogen) atoms. The van der Waals surface area contributed by atoms with E-state index in [1.165, 1.54) is 7.11 Å². The van der Waals surface area contributed by atoms with E-state index < -0.39 is 59.4 Å². The van der Waals surface area contributed by atoms with Crippen molar-refractivity contribution in [2.24, 2.45) is 5.92 Å². The summed E-state index contributed by atoms with van der Waals surface area (Å²) in [6, 6.07) is 38.8. The lowest BCUT2D eigenvalue weighted by molar-refractivity contribution is -0.179. The van der Waals surface area contributed by atoms with Gasteiger partial charge in [0.25, 0.3) is 0 Å². The lowest BCUT2D eigenvalue weighted by Gasteiger charge is -2.46. The van der Waals surface area contributed by atoms with Gasteiger partial charge in [-0.1, -0.05) is 84.6 Å². The molecule has 6 aromatic rings. The first-order valence-electron chi connectivity index (χ1n) is 24.4. The summed E-state index contributed by atoms with van der Waals surface area (Å²) in [7, 11) is 6.17. The molecule has 0 aliphatic carbocycles. The Labute approximate surface area is 429 Å². The summed E-state index contributed by atoms with van der Waals surface area (Å²) < 4.78 is 40.3. The number of rotatable bonds is 13. The molecule has 15 heteroatoms. The van der Waals surface area contributed by atoms with Crippen LogP contribution >= 0.6 is 0 Å². The summed E-state index contributed by atoms with van der Waals surface area (Å²) in [5.41, 5.74) is 3.31. The number of methoxy groups -OCH3 is 4. The minimum atomic E-state index is -2.06. The van der Waals surface area contributed by atoms with Crippen molar-refractivity contribution in [1.82, 2.24) is 9.80 Å². The Morgan fingerprint density at radius 3 is 2.00 bits per heavy atom. The fourth-order valence-corrected chi connectivity index (χ4v) is 11.2. The molecular formula is C59H55N3O12. The minimum absolute atomic E-state index is 0.0299. The molecule has 0 saturated carbocycles. The molecule has 15 nitrogen and oxygen atoms in total. The zero-order valence-electron chi connectivity index (χ0n) is 41.4. The maximum absolute atomic E-state index is 16.7. The third kappa shape index (κ3) is 8.74. The quantitative estimate of drug-likeness (QED) is 0.0688. The zero-order valence-corrected chi connectivity index (χ0v) is 41.4. The van der Waals surface area contributed by atoms with Gasteiger partial charge in [0.2, 0.25) is 11.8 Å². The van der Waals surface area contributed by atoms with Gasteiger partial charge in [-0.05, 0) is 107 Å². The van der Waals surface area contributed by atoms with Crippen molar-refractivity contribution in [3.63, 3.8) is 0 Å². The summed E-state index contributed by atoms with van der Waals surface area (Å²) in [4.78, 5) is 68.3. The third-order valence-corrected chi connectivity index (χ3v) is 14.4. The van der Waals surface area contributed by atoms with Gasteiger partial charge in [-0.3, -0.25) is 19.3 Å². The second-order valence-corrected chi connectivity index (χ2v) is 18.3. The van der Waals surface area contributed by atoms with Gasteiger partial charge >= 0.3 is 12.1 Å². The second-order valence-electron chi connectivity index (χ2n) is 18.3. The van der Waals surface area contributed by atoms with Crippen molar-refractivity contribution in [3.8, 4) is 34.8 Å². The van der Waals surface area contributed by atoms with Crippen LogP contribution in [0.1, 0.15) is 62.7 Å². The SMILES string of the molecule is COCCOC(=O)N1C(=O)[C@@]2(c3cc(C#Cc4ccc(OC)cc4)ccc31)[C@H](c1ccc(OCCO)cc1)N1[C@H](c3ccccc3)[C@H](c3ccccc3)OC(=O)[C@H]1[C@@H]2C(=O)N1CCc2cc(OC)c(OC)cc2C1. The van der Waals surface area contributed by atoms with Gasteiger partial charge in [-0.2, -0.15) is 0 Å². The number of esters is 1. The molecule has 6 aromatic carbocycles. The van der Waals surface area contributed by atoms with Crippen LogP contribution in [0.3, 0.4) is 0 Å². The predicted octanol–water partition coefficient (Wildman–Crippen LogP) is 7.52. The first-order valence-corrected chi connectivity index (χ1v) is 24.4. The maximum atomic E-state index is 16.7. The van der Waals surface area contributed by atoms with Gasteiger partial charge in [0.15, 0.2) is 11.5 Å². The number of imide groups is 1. The van der Waals surface area contributed by atoms with Gasteiger partial charge in [0, 0.05) is 31.3 Å². The molecule has 2 fully saturated rings. The molecule has 0 bridgehead atoms. The monoisotopic (exact) mass is 997 g/mol. The summed E-state index contributed by atoms with van der Waals surface area (Å²) in [5.74, 6) is 5.12. The van der Waals surface area contributed by atoms with Crippen LogP contribution in [-0.2, 0) is 47.0 Å². The Morgan fingerprint density at radius 2 is 1.34 bits per heavy atom. The first-order chi connectivity index (χ1) is 36.1. The Bertz CT molecular complexity index is 3120. The highest BCUT2D eigenvalue weighted by molar-refractivity contribution is 6.23. The number of amides is 3. The van der Waals surface area contributed by atoms with E-state index in [1.54, 1.807) is 80.8 Å². The van der Waals surface area contributed by atoms with Crippen molar-refractivity contribution in [3.05, 3.63) is 184 Å². The fraction of sp³-hybridized carbons (Fsp3) is 0.288. The average Bonchev–Trinajstić information content (AvgIpc) is 3.91. The third-order valence-electron chi connectivity index (χ3n) is 14.4. The van der Waals surface area contributed by atoms with Gasteiger partial charge in [-0.15, -0.1) is 0 Å². The predicted molar refractivity (Wildman–Crippen MR) is 272 cm³/mol. The topological polar surface area (TPSA) is 163 Å². The van der Waals surface area contributed by atoms with Gasteiger partial charge in [-0.25, -0.2) is 9.69 Å². The second kappa shape index (κ2) is 21.1. The number of hydrogen-bond acceptors (Lipinski definition) is 13. The van der Waals surface area contributed by atoms with Gasteiger partial charge in [0.05, 0.1) is 58.2 Å². The van der Waals surface area contributed by atoms with E-state index in [9.17, 15) is 9.90 Å². The molecule has 0 unspecified atom stereocenters. The van der Waals surface area contributed by atoms with Crippen molar-refractivity contribution in [1.29, 1.82) is 0 Å². The highest BCUT2D eigenvalue weighted by atomic mass is 16.6. The van der Waals surface area contributed by atoms with Crippen LogP contribution in [0.25, 0.3) is 0 Å². The normalized spacial score (nSPS) is 21.7. The van der Waals surface area contributed by atoms with Gasteiger partial charge in [0.1, 0.15) is 42.3 Å². The molecule has 0 radical (unpaired) electrons. The van der Waals surface area contributed by atoms with E-state index in [0.29, 0.717) is 57.2 Å². The fourth-order valence-electron chi connectivity index (χ4n) is 11.2. The lowest BCUT2D eigenvalue weighted by Crippen LogP contribution is -2.57. The summed E-state index contributed by atoms with van der Waals surface area (Å²) >= 11 is 0. The number of aliphatic hydroxyl groups is 1. The molecule has 2 saturated heterocycles. The Morgan fingerprint density at radius 1 is 0.689 bits per heavy atom. The molecular weight excluding hydrogens is 943 g/mol. The number of cyclic esters (lactones) is 1. The molecule has 378 valence electrons. The summed E-state index contributed by atoms with van der Waals surface area (Å²) in [6.07, 6.45) is -1.49. The van der Waals surface area contributed by atoms with Crippen LogP contribution in [0.2, 0.25) is 0 Å². The van der Waals surface area contributed by atoms with Crippen molar-refractivity contribution in [2.45, 2.75) is 42.6 Å². The van der Waals surface area contributed by atoms with E-state index in [-0.39, 0.29) is 45.2 Å². The highest BCUT2D eigenvalue weighted by Crippen LogP contribution is 2.66. The number of anilines is 1. The number of hydrogen-bond donors (Lipinski definition) is 1. The highest BCUT2D eigenvalue weighted by Gasteiger charge is 2.76. The average molecular weight is 998 g/mol. The molecule has 10 rings (SSSR count). The summed E-state index contributed by atoms with van der Waals surface area (Å²) in [6.45, 7) is 0.0164. The molecule has 6 atom stereocenters. The molecule has 4 heterocycles. The number of aliphatic hydroxyl groups excluding tert-OH is 1. The molecule has 0 aromatic heterocycles. The van der Waals surface area contributed by atoms with E-state index in [0.717, 1.165) is 21.6 Å². The van der Waals surface area contributed by atoms with Crippen molar-refractivity contribution < 1.29 is 57.4 Å². The Kier molecular flexibility index (Phi) is 14.1. The zero-order chi connectivity index (χ0) is 51.5. The Hall–Kier alpha value is -8.16. The van der Waals surface area contributed by atoms with Crippen molar-refractivity contribution >= 4 is 29.6 Å². The maximum Gasteiger partial charge on any atom is 0.421 e. The number of fused-ring (bicyclic) bond motifs is 4. The largest absolute Gasteiger partial charge is 0.497 e. The van der Waals surface area contributed by atoms with Crippen molar-refractivity contribution in [2.75, 3.05) is 66.3 Å². The number of carbonyl (C=O) groups is 4.